The number of nitrogens with zero attached hydrogens (tertiary/aromatic N) is 1. The zero-order chi connectivity index (χ0) is 11.1. The fourth-order valence-corrected chi connectivity index (χ4v) is 2.58. The van der Waals surface area contributed by atoms with E-state index in [9.17, 15) is 0 Å². The van der Waals surface area contributed by atoms with Gasteiger partial charge in [0.15, 0.2) is 0 Å². The van der Waals surface area contributed by atoms with Gasteiger partial charge in [-0.1, -0.05) is 32.0 Å². The Morgan fingerprint density at radius 3 is 2.40 bits per heavy atom. The molecule has 0 atom stereocenters. The molecule has 0 aromatic heterocycles. The van der Waals surface area contributed by atoms with Crippen LogP contribution < -0.4 is 0 Å². The van der Waals surface area contributed by atoms with Crippen LogP contribution in [0.15, 0.2) is 29.2 Å². The van der Waals surface area contributed by atoms with Crippen molar-refractivity contribution in [1.29, 1.82) is 0 Å². The summed E-state index contributed by atoms with van der Waals surface area (Å²) in [5, 5.41) is 0. The van der Waals surface area contributed by atoms with Crippen molar-refractivity contribution in [2.24, 2.45) is 0 Å². The Kier molecular flexibility index (Phi) is 5.81. The molecular weight excluding hydrogens is 202 g/mol. The van der Waals surface area contributed by atoms with Crippen molar-refractivity contribution < 1.29 is 0 Å². The number of hydrogen-bond acceptors (Lipinski definition) is 2. The van der Waals surface area contributed by atoms with Crippen molar-refractivity contribution in [3.8, 4) is 0 Å². The first-order chi connectivity index (χ1) is 7.27. The summed E-state index contributed by atoms with van der Waals surface area (Å²) in [6.45, 7) is 10.1. The van der Waals surface area contributed by atoms with E-state index in [1.807, 2.05) is 11.8 Å². The molecule has 84 valence electrons. The summed E-state index contributed by atoms with van der Waals surface area (Å²) >= 11 is 1.96. The van der Waals surface area contributed by atoms with Gasteiger partial charge in [-0.15, -0.1) is 11.8 Å². The third-order valence-electron chi connectivity index (χ3n) is 2.65. The molecule has 2 heteroatoms. The maximum atomic E-state index is 2.46. The van der Waals surface area contributed by atoms with E-state index in [0.717, 1.165) is 13.1 Å². The number of hydrogen-bond donors (Lipinski definition) is 0. The van der Waals surface area contributed by atoms with Gasteiger partial charge in [-0.05, 0) is 31.6 Å². The van der Waals surface area contributed by atoms with Gasteiger partial charge in [-0.3, -0.25) is 0 Å². The minimum Gasteiger partial charge on any atom is -0.303 e. The van der Waals surface area contributed by atoms with Crippen LogP contribution in [0, 0.1) is 6.92 Å². The highest BCUT2D eigenvalue weighted by Gasteiger charge is 2.01. The first-order valence-corrected chi connectivity index (χ1v) is 6.67. The maximum absolute atomic E-state index is 2.46. The molecule has 15 heavy (non-hydrogen) atoms. The molecule has 0 bridgehead atoms. The van der Waals surface area contributed by atoms with Gasteiger partial charge in [0.05, 0.1) is 0 Å². The average Bonchev–Trinajstić information content (AvgIpc) is 2.27. The zero-order valence-corrected chi connectivity index (χ0v) is 10.8. The summed E-state index contributed by atoms with van der Waals surface area (Å²) in [7, 11) is 0. The van der Waals surface area contributed by atoms with Gasteiger partial charge in [-0.2, -0.15) is 0 Å². The molecule has 0 amide bonds. The van der Waals surface area contributed by atoms with Crippen LogP contribution in [-0.2, 0) is 0 Å². The highest BCUT2D eigenvalue weighted by Crippen LogP contribution is 2.21. The Labute approximate surface area is 97.9 Å². The molecule has 0 aliphatic carbocycles. The van der Waals surface area contributed by atoms with Crippen LogP contribution in [-0.4, -0.2) is 30.3 Å². The molecule has 0 aliphatic heterocycles. The van der Waals surface area contributed by atoms with Crippen molar-refractivity contribution >= 4 is 11.8 Å². The molecule has 0 spiro atoms. The Balaban J connectivity index is 2.34. The zero-order valence-electron chi connectivity index (χ0n) is 9.99. The van der Waals surface area contributed by atoms with Gasteiger partial charge < -0.3 is 4.90 Å². The predicted molar refractivity (Wildman–Crippen MR) is 69.7 cm³/mol. The molecule has 0 N–H and O–H groups in total. The quantitative estimate of drug-likeness (QED) is 0.680. The lowest BCUT2D eigenvalue weighted by atomic mass is 10.2. The van der Waals surface area contributed by atoms with Gasteiger partial charge in [-0.25, -0.2) is 0 Å². The lowest BCUT2D eigenvalue weighted by Crippen LogP contribution is -2.25. The van der Waals surface area contributed by atoms with Crippen molar-refractivity contribution in [1.82, 2.24) is 4.90 Å². The van der Waals surface area contributed by atoms with Crippen LogP contribution in [0.5, 0.6) is 0 Å². The predicted octanol–water partition coefficient (Wildman–Crippen LogP) is 3.43. The summed E-state index contributed by atoms with van der Waals surface area (Å²) in [5.41, 5.74) is 1.39. The molecule has 0 saturated heterocycles. The highest BCUT2D eigenvalue weighted by molar-refractivity contribution is 7.99. The molecule has 1 nitrogen and oxygen atoms in total. The second kappa shape index (κ2) is 6.91. The van der Waals surface area contributed by atoms with E-state index in [2.05, 4.69) is 49.9 Å². The number of thioether (sulfide) groups is 1. The van der Waals surface area contributed by atoms with Gasteiger partial charge >= 0.3 is 0 Å². The van der Waals surface area contributed by atoms with E-state index < -0.39 is 0 Å². The van der Waals surface area contributed by atoms with E-state index >= 15 is 0 Å². The lowest BCUT2D eigenvalue weighted by Gasteiger charge is -2.17. The third-order valence-corrected chi connectivity index (χ3v) is 3.81. The molecule has 1 rings (SSSR count). The standard InChI is InChI=1S/C13H21NS/c1-4-14(5-2)10-11-15-13-9-7-6-8-12(13)3/h6-9H,4-5,10-11H2,1-3H3. The second-order valence-corrected chi connectivity index (χ2v) is 4.78. The highest BCUT2D eigenvalue weighted by atomic mass is 32.2. The first kappa shape index (κ1) is 12.6. The van der Waals surface area contributed by atoms with E-state index in [1.54, 1.807) is 0 Å². The van der Waals surface area contributed by atoms with Crippen LogP contribution >= 0.6 is 11.8 Å². The van der Waals surface area contributed by atoms with Crippen molar-refractivity contribution in [2.75, 3.05) is 25.4 Å². The summed E-state index contributed by atoms with van der Waals surface area (Å²) in [6, 6.07) is 8.61. The summed E-state index contributed by atoms with van der Waals surface area (Å²) in [5.74, 6) is 1.19. The molecule has 0 unspecified atom stereocenters. The Morgan fingerprint density at radius 1 is 1.13 bits per heavy atom. The fraction of sp³-hybridized carbons (Fsp3) is 0.538. The van der Waals surface area contributed by atoms with Crippen molar-refractivity contribution in [3.05, 3.63) is 29.8 Å². The molecule has 1 aromatic rings. The van der Waals surface area contributed by atoms with E-state index in [-0.39, 0.29) is 0 Å². The Bertz CT molecular complexity index is 282. The number of benzene rings is 1. The summed E-state index contributed by atoms with van der Waals surface area (Å²) in [6.07, 6.45) is 0. The second-order valence-electron chi connectivity index (χ2n) is 3.64. The maximum Gasteiger partial charge on any atom is 0.0108 e. The smallest absolute Gasteiger partial charge is 0.0108 e. The van der Waals surface area contributed by atoms with Gasteiger partial charge in [0.1, 0.15) is 0 Å². The molecule has 0 heterocycles. The van der Waals surface area contributed by atoms with Crippen LogP contribution in [0.3, 0.4) is 0 Å². The molecule has 0 saturated carbocycles. The first-order valence-electron chi connectivity index (χ1n) is 5.68. The fourth-order valence-electron chi connectivity index (χ4n) is 1.54. The molecule has 0 fully saturated rings. The van der Waals surface area contributed by atoms with Crippen LogP contribution in [0.4, 0.5) is 0 Å². The number of rotatable bonds is 6. The minimum atomic E-state index is 1.16. The van der Waals surface area contributed by atoms with Crippen LogP contribution in [0.2, 0.25) is 0 Å². The third kappa shape index (κ3) is 4.27. The lowest BCUT2D eigenvalue weighted by molar-refractivity contribution is 0.324. The minimum absolute atomic E-state index is 1.16. The van der Waals surface area contributed by atoms with Gasteiger partial charge in [0, 0.05) is 17.2 Å². The summed E-state index contributed by atoms with van der Waals surface area (Å²) < 4.78 is 0. The molecule has 0 aliphatic rings. The summed E-state index contributed by atoms with van der Waals surface area (Å²) in [4.78, 5) is 3.88. The molecular formula is C13H21NS. The molecule has 0 radical (unpaired) electrons. The van der Waals surface area contributed by atoms with Crippen LogP contribution in [0.1, 0.15) is 19.4 Å². The Hall–Kier alpha value is -0.470. The largest absolute Gasteiger partial charge is 0.303 e. The normalized spacial score (nSPS) is 10.9. The van der Waals surface area contributed by atoms with E-state index in [0.29, 0.717) is 0 Å². The number of aryl methyl sites for hydroxylation is 1. The van der Waals surface area contributed by atoms with Crippen molar-refractivity contribution in [2.45, 2.75) is 25.7 Å². The van der Waals surface area contributed by atoms with E-state index in [4.69, 9.17) is 0 Å². The average molecular weight is 223 g/mol. The van der Waals surface area contributed by atoms with Crippen LogP contribution in [0.25, 0.3) is 0 Å². The van der Waals surface area contributed by atoms with Crippen molar-refractivity contribution in [3.63, 3.8) is 0 Å². The topological polar surface area (TPSA) is 3.24 Å². The SMILES string of the molecule is CCN(CC)CCSc1ccccc1C. The molecule has 1 aromatic carbocycles. The van der Waals surface area contributed by atoms with Gasteiger partial charge in [0.2, 0.25) is 0 Å². The van der Waals surface area contributed by atoms with Gasteiger partial charge in [0.25, 0.3) is 0 Å². The Morgan fingerprint density at radius 2 is 1.80 bits per heavy atom. The van der Waals surface area contributed by atoms with E-state index in [1.165, 1.54) is 22.8 Å². The monoisotopic (exact) mass is 223 g/mol.